The standard InChI is InChI=1S/C20H36N4O4/c1-20(2,3)28-19(25)17-13-22-24(15-17)8-10-27-12-11-26-9-6-16-14-23(4)7-5-18(16)21/h13,15-16,18H,5-12,14,21H2,1-4H3. The van der Waals surface area contributed by atoms with E-state index in [9.17, 15) is 4.79 Å². The van der Waals surface area contributed by atoms with Crippen molar-refractivity contribution in [2.24, 2.45) is 11.7 Å². The molecule has 0 amide bonds. The van der Waals surface area contributed by atoms with Gasteiger partial charge in [0.05, 0.1) is 38.1 Å². The van der Waals surface area contributed by atoms with Crippen LogP contribution in [0.1, 0.15) is 44.0 Å². The molecule has 0 spiro atoms. The second-order valence-electron chi connectivity index (χ2n) is 8.48. The Kier molecular flexibility index (Phi) is 8.88. The van der Waals surface area contributed by atoms with E-state index in [4.69, 9.17) is 19.9 Å². The maximum Gasteiger partial charge on any atom is 0.341 e. The minimum Gasteiger partial charge on any atom is -0.456 e. The largest absolute Gasteiger partial charge is 0.456 e. The average molecular weight is 397 g/mol. The Bertz CT molecular complexity index is 599. The number of likely N-dealkylation sites (tertiary alicyclic amines) is 1. The van der Waals surface area contributed by atoms with Crippen LogP contribution in [0.2, 0.25) is 0 Å². The molecule has 1 aliphatic heterocycles. The van der Waals surface area contributed by atoms with E-state index in [0.29, 0.717) is 44.5 Å². The fraction of sp³-hybridized carbons (Fsp3) is 0.800. The summed E-state index contributed by atoms with van der Waals surface area (Å²) in [5, 5.41) is 4.17. The summed E-state index contributed by atoms with van der Waals surface area (Å²) in [5.41, 5.74) is 6.12. The number of nitrogens with two attached hydrogens (primary N) is 1. The van der Waals surface area contributed by atoms with Gasteiger partial charge >= 0.3 is 5.97 Å². The molecule has 28 heavy (non-hydrogen) atoms. The van der Waals surface area contributed by atoms with Gasteiger partial charge in [-0.05, 0) is 53.1 Å². The SMILES string of the molecule is CN1CCC(N)C(CCOCCOCCn2cc(C(=O)OC(C)(C)C)cn2)C1. The zero-order chi connectivity index (χ0) is 20.6. The van der Waals surface area contributed by atoms with Crippen molar-refractivity contribution < 1.29 is 19.0 Å². The van der Waals surface area contributed by atoms with Crippen molar-refractivity contribution >= 4 is 5.97 Å². The summed E-state index contributed by atoms with van der Waals surface area (Å²) in [6, 6.07) is 0.288. The Morgan fingerprint density at radius 3 is 2.68 bits per heavy atom. The molecule has 8 nitrogen and oxygen atoms in total. The fourth-order valence-electron chi connectivity index (χ4n) is 3.18. The van der Waals surface area contributed by atoms with Gasteiger partial charge in [-0.15, -0.1) is 0 Å². The van der Waals surface area contributed by atoms with E-state index in [0.717, 1.165) is 25.9 Å². The number of hydrogen-bond acceptors (Lipinski definition) is 7. The molecule has 1 fully saturated rings. The van der Waals surface area contributed by atoms with E-state index in [-0.39, 0.29) is 12.0 Å². The van der Waals surface area contributed by atoms with Crippen LogP contribution in [0.4, 0.5) is 0 Å². The summed E-state index contributed by atoms with van der Waals surface area (Å²) >= 11 is 0. The number of carbonyl (C=O) groups is 1. The van der Waals surface area contributed by atoms with Crippen LogP contribution in [0, 0.1) is 5.92 Å². The maximum atomic E-state index is 12.0. The summed E-state index contributed by atoms with van der Waals surface area (Å²) in [7, 11) is 2.14. The van der Waals surface area contributed by atoms with Gasteiger partial charge in [0.1, 0.15) is 5.60 Å². The van der Waals surface area contributed by atoms with Gasteiger partial charge in [-0.2, -0.15) is 5.10 Å². The first-order valence-electron chi connectivity index (χ1n) is 10.1. The third kappa shape index (κ3) is 8.26. The van der Waals surface area contributed by atoms with E-state index < -0.39 is 5.60 Å². The average Bonchev–Trinajstić information content (AvgIpc) is 3.08. The maximum absolute atomic E-state index is 12.0. The Balaban J connectivity index is 1.52. The van der Waals surface area contributed by atoms with Crippen LogP contribution in [0.25, 0.3) is 0 Å². The Hall–Kier alpha value is -1.48. The Labute approximate surface area is 168 Å². The van der Waals surface area contributed by atoms with Crippen LogP contribution in [0.15, 0.2) is 12.4 Å². The van der Waals surface area contributed by atoms with Gasteiger partial charge in [0.2, 0.25) is 0 Å². The molecule has 160 valence electrons. The van der Waals surface area contributed by atoms with Gasteiger partial charge < -0.3 is 24.8 Å². The third-order valence-electron chi connectivity index (χ3n) is 4.73. The smallest absolute Gasteiger partial charge is 0.341 e. The molecule has 2 unspecified atom stereocenters. The van der Waals surface area contributed by atoms with Gasteiger partial charge in [-0.1, -0.05) is 0 Å². The highest BCUT2D eigenvalue weighted by Gasteiger charge is 2.24. The molecule has 1 saturated heterocycles. The second kappa shape index (κ2) is 10.9. The lowest BCUT2D eigenvalue weighted by Crippen LogP contribution is -2.45. The minimum atomic E-state index is -0.514. The molecule has 1 aromatic rings. The number of piperidine rings is 1. The van der Waals surface area contributed by atoms with Gasteiger partial charge in [0.15, 0.2) is 0 Å². The molecule has 0 radical (unpaired) electrons. The molecule has 8 heteroatoms. The first-order valence-corrected chi connectivity index (χ1v) is 10.1. The zero-order valence-corrected chi connectivity index (χ0v) is 17.7. The van der Waals surface area contributed by atoms with E-state index in [1.807, 2.05) is 20.8 Å². The predicted molar refractivity (Wildman–Crippen MR) is 107 cm³/mol. The van der Waals surface area contributed by atoms with E-state index in [1.165, 1.54) is 6.20 Å². The molecule has 2 atom stereocenters. The van der Waals surface area contributed by atoms with E-state index in [2.05, 4.69) is 17.0 Å². The summed E-state index contributed by atoms with van der Waals surface area (Å²) in [5.74, 6) is 0.149. The van der Waals surface area contributed by atoms with Crippen LogP contribution in [-0.2, 0) is 20.8 Å². The quantitative estimate of drug-likeness (QED) is 0.474. The van der Waals surface area contributed by atoms with E-state index in [1.54, 1.807) is 10.9 Å². The number of carbonyl (C=O) groups excluding carboxylic acids is 1. The number of rotatable bonds is 10. The molecule has 2 N–H and O–H groups in total. The fourth-order valence-corrected chi connectivity index (χ4v) is 3.18. The van der Waals surface area contributed by atoms with Gasteiger partial charge in [0.25, 0.3) is 0 Å². The summed E-state index contributed by atoms with van der Waals surface area (Å²) in [6.45, 7) is 10.6. The summed E-state index contributed by atoms with van der Waals surface area (Å²) < 4.78 is 18.3. The topological polar surface area (TPSA) is 91.8 Å². The monoisotopic (exact) mass is 396 g/mol. The highest BCUT2D eigenvalue weighted by molar-refractivity contribution is 5.89. The zero-order valence-electron chi connectivity index (χ0n) is 17.7. The van der Waals surface area contributed by atoms with Crippen molar-refractivity contribution in [2.45, 2.75) is 51.8 Å². The highest BCUT2D eigenvalue weighted by Crippen LogP contribution is 2.17. The number of ether oxygens (including phenoxy) is 3. The minimum absolute atomic E-state index is 0.288. The van der Waals surface area contributed by atoms with Crippen LogP contribution in [0.3, 0.4) is 0 Å². The molecule has 2 heterocycles. The molecule has 0 aromatic carbocycles. The summed E-state index contributed by atoms with van der Waals surface area (Å²) in [4.78, 5) is 14.3. The predicted octanol–water partition coefficient (Wildman–Crippen LogP) is 1.54. The Morgan fingerprint density at radius 2 is 1.96 bits per heavy atom. The molecule has 0 aliphatic carbocycles. The molecular weight excluding hydrogens is 360 g/mol. The molecule has 2 rings (SSSR count). The van der Waals surface area contributed by atoms with Gasteiger partial charge in [0, 0.05) is 25.4 Å². The third-order valence-corrected chi connectivity index (χ3v) is 4.73. The van der Waals surface area contributed by atoms with E-state index >= 15 is 0 Å². The van der Waals surface area contributed by atoms with Crippen molar-refractivity contribution in [3.63, 3.8) is 0 Å². The molecular formula is C20H36N4O4. The van der Waals surface area contributed by atoms with Gasteiger partial charge in [-0.25, -0.2) is 4.79 Å². The normalized spacial score (nSPS) is 21.0. The number of aromatic nitrogens is 2. The lowest BCUT2D eigenvalue weighted by molar-refractivity contribution is 0.00692. The number of hydrogen-bond donors (Lipinski definition) is 1. The van der Waals surface area contributed by atoms with Crippen molar-refractivity contribution in [1.29, 1.82) is 0 Å². The molecule has 0 bridgehead atoms. The lowest BCUT2D eigenvalue weighted by Gasteiger charge is -2.34. The lowest BCUT2D eigenvalue weighted by atomic mass is 9.91. The van der Waals surface area contributed by atoms with Gasteiger partial charge in [-0.3, -0.25) is 4.68 Å². The van der Waals surface area contributed by atoms with Crippen LogP contribution >= 0.6 is 0 Å². The second-order valence-corrected chi connectivity index (χ2v) is 8.48. The van der Waals surface area contributed by atoms with Crippen LogP contribution in [-0.4, -0.2) is 78.9 Å². The Morgan fingerprint density at radius 1 is 1.25 bits per heavy atom. The van der Waals surface area contributed by atoms with Crippen molar-refractivity contribution in [3.05, 3.63) is 18.0 Å². The van der Waals surface area contributed by atoms with Crippen molar-refractivity contribution in [2.75, 3.05) is 46.6 Å². The first-order chi connectivity index (χ1) is 13.2. The molecule has 0 saturated carbocycles. The van der Waals surface area contributed by atoms with Crippen LogP contribution < -0.4 is 5.73 Å². The summed E-state index contributed by atoms with van der Waals surface area (Å²) in [6.07, 6.45) is 5.25. The number of esters is 1. The molecule has 1 aliphatic rings. The van der Waals surface area contributed by atoms with Crippen LogP contribution in [0.5, 0.6) is 0 Å². The number of nitrogens with zero attached hydrogens (tertiary/aromatic N) is 3. The highest BCUT2D eigenvalue weighted by atomic mass is 16.6. The molecule has 1 aromatic heterocycles. The first kappa shape index (κ1) is 22.8. The van der Waals surface area contributed by atoms with Crippen molar-refractivity contribution in [1.82, 2.24) is 14.7 Å². The van der Waals surface area contributed by atoms with Crippen molar-refractivity contribution in [3.8, 4) is 0 Å².